The summed E-state index contributed by atoms with van der Waals surface area (Å²) in [5, 5.41) is 1.05. The van der Waals surface area contributed by atoms with Gasteiger partial charge in [0.1, 0.15) is 5.36 Å². The number of benzene rings is 1. The van der Waals surface area contributed by atoms with Crippen molar-refractivity contribution < 1.29 is 14.3 Å². The van der Waals surface area contributed by atoms with Crippen molar-refractivity contribution in [1.29, 1.82) is 0 Å². The molecule has 2 rings (SSSR count). The van der Waals surface area contributed by atoms with Crippen LogP contribution in [0.15, 0.2) is 34.3 Å². The van der Waals surface area contributed by atoms with Crippen molar-refractivity contribution in [2.24, 2.45) is 9.98 Å². The Morgan fingerprint density at radius 2 is 2.17 bits per heavy atom. The van der Waals surface area contributed by atoms with Gasteiger partial charge in [-0.15, -0.1) is 0 Å². The predicted octanol–water partition coefficient (Wildman–Crippen LogP) is 1.03. The van der Waals surface area contributed by atoms with Crippen molar-refractivity contribution in [2.45, 2.75) is 13.8 Å². The molecule has 0 radical (unpaired) electrons. The number of esters is 1. The highest BCUT2D eigenvalue weighted by Crippen LogP contribution is 2.08. The lowest BCUT2D eigenvalue weighted by Gasteiger charge is -2.01. The van der Waals surface area contributed by atoms with Gasteiger partial charge >= 0.3 is 12.0 Å². The minimum absolute atomic E-state index is 0.327. The fourth-order valence-corrected chi connectivity index (χ4v) is 1.72. The molecule has 5 heteroatoms. The number of hydrogen-bond acceptors (Lipinski definition) is 3. The molecule has 0 N–H and O–H groups in total. The van der Waals surface area contributed by atoms with Gasteiger partial charge in [-0.05, 0) is 25.5 Å². The lowest BCUT2D eigenvalue weighted by Crippen LogP contribution is -2.25. The Balaban J connectivity index is 2.47. The zero-order valence-corrected chi connectivity index (χ0v) is 10.1. The SMILES string of the molecule is CCOC(=O)C=C(C)c1cccc2c1=NC(=O)N=2. The van der Waals surface area contributed by atoms with Crippen LogP contribution in [0, 0.1) is 0 Å². The second kappa shape index (κ2) is 4.91. The first-order valence-corrected chi connectivity index (χ1v) is 5.57. The van der Waals surface area contributed by atoms with Gasteiger partial charge in [0, 0.05) is 11.6 Å². The van der Waals surface area contributed by atoms with Gasteiger partial charge in [0.15, 0.2) is 0 Å². The fourth-order valence-electron chi connectivity index (χ4n) is 1.72. The van der Waals surface area contributed by atoms with E-state index in [-0.39, 0.29) is 0 Å². The summed E-state index contributed by atoms with van der Waals surface area (Å²) in [6.07, 6.45) is 1.39. The van der Waals surface area contributed by atoms with Crippen molar-refractivity contribution in [1.82, 2.24) is 0 Å². The second-order valence-corrected chi connectivity index (χ2v) is 3.76. The molecule has 5 nitrogen and oxygen atoms in total. The molecule has 0 fully saturated rings. The topological polar surface area (TPSA) is 68.1 Å². The average molecular weight is 244 g/mol. The van der Waals surface area contributed by atoms with Gasteiger partial charge in [0.25, 0.3) is 0 Å². The molecule has 1 aromatic carbocycles. The van der Waals surface area contributed by atoms with Crippen molar-refractivity contribution in [3.8, 4) is 0 Å². The maximum Gasteiger partial charge on any atom is 0.368 e. The maximum absolute atomic E-state index is 11.4. The van der Waals surface area contributed by atoms with Crippen LogP contribution < -0.4 is 10.7 Å². The fraction of sp³-hybridized carbons (Fsp3) is 0.231. The zero-order chi connectivity index (χ0) is 13.1. The Bertz CT molecular complexity index is 659. The first-order valence-electron chi connectivity index (χ1n) is 5.57. The Labute approximate surface area is 104 Å². The third-order valence-corrected chi connectivity index (χ3v) is 2.48. The highest BCUT2D eigenvalue weighted by Gasteiger charge is 2.10. The predicted molar refractivity (Wildman–Crippen MR) is 64.4 cm³/mol. The van der Waals surface area contributed by atoms with Crippen LogP contribution in [0.3, 0.4) is 0 Å². The number of para-hydroxylation sites is 1. The third kappa shape index (κ3) is 2.34. The van der Waals surface area contributed by atoms with E-state index < -0.39 is 12.0 Å². The van der Waals surface area contributed by atoms with E-state index in [1.54, 1.807) is 32.0 Å². The number of fused-ring (bicyclic) bond motifs is 1. The highest BCUT2D eigenvalue weighted by molar-refractivity contribution is 5.91. The van der Waals surface area contributed by atoms with Crippen molar-refractivity contribution >= 4 is 17.6 Å². The Hall–Kier alpha value is -2.30. The second-order valence-electron chi connectivity index (χ2n) is 3.76. The summed E-state index contributed by atoms with van der Waals surface area (Å²) in [6, 6.07) is 4.77. The summed E-state index contributed by atoms with van der Waals surface area (Å²) >= 11 is 0. The Kier molecular flexibility index (Phi) is 3.32. The molecule has 2 amide bonds. The quantitative estimate of drug-likeness (QED) is 0.589. The molecule has 0 saturated carbocycles. The number of urea groups is 1. The number of carbonyl (C=O) groups excluding carboxylic acids is 2. The number of rotatable bonds is 3. The van der Waals surface area contributed by atoms with Crippen LogP contribution in [-0.2, 0) is 9.53 Å². The highest BCUT2D eigenvalue weighted by atomic mass is 16.5. The summed E-state index contributed by atoms with van der Waals surface area (Å²) < 4.78 is 4.84. The number of amides is 2. The van der Waals surface area contributed by atoms with E-state index in [9.17, 15) is 9.59 Å². The summed E-state index contributed by atoms with van der Waals surface area (Å²) in [4.78, 5) is 30.1. The molecule has 1 aromatic rings. The van der Waals surface area contributed by atoms with Gasteiger partial charge in [-0.25, -0.2) is 9.59 Å². The van der Waals surface area contributed by atoms with E-state index in [1.807, 2.05) is 0 Å². The van der Waals surface area contributed by atoms with Gasteiger partial charge in [-0.3, -0.25) is 0 Å². The number of hydrogen-bond donors (Lipinski definition) is 0. The van der Waals surface area contributed by atoms with Crippen LogP contribution in [0.2, 0.25) is 0 Å². The van der Waals surface area contributed by atoms with Gasteiger partial charge in [-0.2, -0.15) is 9.98 Å². The molecule has 0 aliphatic carbocycles. The molecule has 92 valence electrons. The minimum atomic E-state index is -0.513. The standard InChI is InChI=1S/C13H12N2O3/c1-3-18-11(16)7-8(2)9-5-4-6-10-12(9)15-13(17)14-10/h4-7H,3H2,1-2H3. The molecular weight excluding hydrogens is 232 g/mol. The van der Waals surface area contributed by atoms with E-state index in [4.69, 9.17) is 4.74 Å². The van der Waals surface area contributed by atoms with Crippen LogP contribution in [0.1, 0.15) is 19.4 Å². The van der Waals surface area contributed by atoms with Gasteiger partial charge in [0.2, 0.25) is 0 Å². The van der Waals surface area contributed by atoms with E-state index in [2.05, 4.69) is 9.98 Å². The molecule has 0 spiro atoms. The molecule has 18 heavy (non-hydrogen) atoms. The van der Waals surface area contributed by atoms with Crippen LogP contribution in [-0.4, -0.2) is 18.6 Å². The monoisotopic (exact) mass is 244 g/mol. The smallest absolute Gasteiger partial charge is 0.368 e. The molecule has 0 aromatic heterocycles. The van der Waals surface area contributed by atoms with Crippen LogP contribution >= 0.6 is 0 Å². The zero-order valence-electron chi connectivity index (χ0n) is 10.1. The lowest BCUT2D eigenvalue weighted by molar-refractivity contribution is -0.137. The number of ether oxygens (including phenoxy) is 1. The third-order valence-electron chi connectivity index (χ3n) is 2.48. The summed E-state index contributed by atoms with van der Waals surface area (Å²) in [5.74, 6) is -0.408. The van der Waals surface area contributed by atoms with E-state index in [0.717, 1.165) is 5.56 Å². The van der Waals surface area contributed by atoms with Crippen molar-refractivity contribution in [2.75, 3.05) is 6.61 Å². The Morgan fingerprint density at radius 3 is 2.89 bits per heavy atom. The van der Waals surface area contributed by atoms with Crippen LogP contribution in [0.5, 0.6) is 0 Å². The van der Waals surface area contributed by atoms with Gasteiger partial charge in [-0.1, -0.05) is 12.1 Å². The molecule has 0 atom stereocenters. The maximum atomic E-state index is 11.4. The van der Waals surface area contributed by atoms with Crippen LogP contribution in [0.4, 0.5) is 4.79 Å². The minimum Gasteiger partial charge on any atom is -0.463 e. The summed E-state index contributed by atoms with van der Waals surface area (Å²) in [5.41, 5.74) is 1.41. The molecule has 0 bridgehead atoms. The summed E-state index contributed by atoms with van der Waals surface area (Å²) in [7, 11) is 0. The Morgan fingerprint density at radius 1 is 1.39 bits per heavy atom. The lowest BCUT2D eigenvalue weighted by atomic mass is 10.1. The van der Waals surface area contributed by atoms with Crippen molar-refractivity contribution in [3.63, 3.8) is 0 Å². The molecule has 0 unspecified atom stereocenters. The molecular formula is C13H12N2O3. The molecule has 0 saturated heterocycles. The first kappa shape index (κ1) is 12.2. The van der Waals surface area contributed by atoms with E-state index in [1.165, 1.54) is 6.08 Å². The van der Waals surface area contributed by atoms with E-state index in [0.29, 0.717) is 22.9 Å². The number of nitrogens with zero attached hydrogens (tertiary/aromatic N) is 2. The molecule has 1 heterocycles. The van der Waals surface area contributed by atoms with Crippen LogP contribution in [0.25, 0.3) is 5.57 Å². The van der Waals surface area contributed by atoms with E-state index >= 15 is 0 Å². The van der Waals surface area contributed by atoms with Crippen molar-refractivity contribution in [3.05, 3.63) is 40.6 Å². The molecule has 1 aliphatic rings. The first-order chi connectivity index (χ1) is 8.61. The van der Waals surface area contributed by atoms with Gasteiger partial charge in [0.05, 0.1) is 12.0 Å². The number of allylic oxidation sites excluding steroid dienone is 1. The van der Waals surface area contributed by atoms with Gasteiger partial charge < -0.3 is 4.74 Å². The largest absolute Gasteiger partial charge is 0.463 e. The number of carbonyl (C=O) groups is 2. The molecule has 1 aliphatic heterocycles. The average Bonchev–Trinajstić information content (AvgIpc) is 2.68. The summed E-state index contributed by atoms with van der Waals surface area (Å²) in [6.45, 7) is 3.84. The normalized spacial score (nSPS) is 13.7.